The van der Waals surface area contributed by atoms with E-state index in [0.29, 0.717) is 17.9 Å². The van der Waals surface area contributed by atoms with E-state index in [-0.39, 0.29) is 6.54 Å². The molecule has 3 atom stereocenters. The molecule has 0 aromatic rings. The normalized spacial score (nSPS) is 28.4. The molecular formula is C9H12FN3O5. The van der Waals surface area contributed by atoms with Crippen molar-refractivity contribution < 1.29 is 28.7 Å². The minimum atomic E-state index is -2.61. The van der Waals surface area contributed by atoms with E-state index < -0.39 is 36.3 Å². The van der Waals surface area contributed by atoms with E-state index in [1.807, 2.05) is 0 Å². The summed E-state index contributed by atoms with van der Waals surface area (Å²) in [6.07, 6.45) is -1.85. The number of primary amides is 1. The molecule has 9 heteroatoms. The molecule has 3 amide bonds. The summed E-state index contributed by atoms with van der Waals surface area (Å²) >= 11 is 0. The maximum absolute atomic E-state index is 12.9. The van der Waals surface area contributed by atoms with Gasteiger partial charge >= 0.3 is 18.4 Å². The van der Waals surface area contributed by atoms with Crippen molar-refractivity contribution in [2.24, 2.45) is 5.73 Å². The first-order chi connectivity index (χ1) is 8.41. The Bertz CT molecular complexity index is 404. The third-order valence-corrected chi connectivity index (χ3v) is 3.05. The Morgan fingerprint density at radius 3 is 2.72 bits per heavy atom. The topological polar surface area (TPSA) is 113 Å². The van der Waals surface area contributed by atoms with E-state index in [1.54, 1.807) is 0 Å². The van der Waals surface area contributed by atoms with Crippen LogP contribution in [0.1, 0.15) is 12.8 Å². The van der Waals surface area contributed by atoms with Crippen LogP contribution >= 0.6 is 0 Å². The average Bonchev–Trinajstić information content (AvgIpc) is 2.54. The van der Waals surface area contributed by atoms with Gasteiger partial charge in [0, 0.05) is 6.54 Å². The molecule has 0 aromatic heterocycles. The number of carbonyl (C=O) groups excluding carboxylic acids is 2. The monoisotopic (exact) mass is 261 g/mol. The van der Waals surface area contributed by atoms with Crippen LogP contribution in [0.15, 0.2) is 0 Å². The third kappa shape index (κ3) is 1.96. The number of nitrogens with two attached hydrogens (primary N) is 1. The number of carbonyl (C=O) groups is 3. The van der Waals surface area contributed by atoms with Crippen molar-refractivity contribution in [3.05, 3.63) is 0 Å². The lowest BCUT2D eigenvalue weighted by atomic mass is 10.0. The first kappa shape index (κ1) is 12.6. The van der Waals surface area contributed by atoms with E-state index in [9.17, 15) is 18.8 Å². The first-order valence-electron chi connectivity index (χ1n) is 5.34. The predicted octanol–water partition coefficient (Wildman–Crippen LogP) is -0.948. The quantitative estimate of drug-likeness (QED) is 0.677. The van der Waals surface area contributed by atoms with Crippen molar-refractivity contribution >= 4 is 17.9 Å². The van der Waals surface area contributed by atoms with E-state index in [2.05, 4.69) is 4.84 Å². The second kappa shape index (κ2) is 4.41. The van der Waals surface area contributed by atoms with Gasteiger partial charge in [0.2, 0.25) is 5.91 Å². The molecule has 0 unspecified atom stereocenters. The van der Waals surface area contributed by atoms with Gasteiger partial charge in [0.1, 0.15) is 6.04 Å². The molecule has 2 rings (SSSR count). The highest BCUT2D eigenvalue weighted by atomic mass is 19.1. The summed E-state index contributed by atoms with van der Waals surface area (Å²) in [5, 5.41) is 9.07. The molecular weight excluding hydrogens is 249 g/mol. The predicted molar refractivity (Wildman–Crippen MR) is 53.6 cm³/mol. The maximum Gasteiger partial charge on any atom is 0.368 e. The highest BCUT2D eigenvalue weighted by molar-refractivity contribution is 5.87. The van der Waals surface area contributed by atoms with Crippen LogP contribution in [0.3, 0.4) is 0 Å². The molecule has 8 nitrogen and oxygen atoms in total. The minimum absolute atomic E-state index is 0.179. The summed E-state index contributed by atoms with van der Waals surface area (Å²) in [5.41, 5.74) is 5.15. The van der Waals surface area contributed by atoms with Crippen molar-refractivity contribution in [1.29, 1.82) is 0 Å². The number of carboxylic acids is 1. The zero-order chi connectivity index (χ0) is 13.4. The zero-order valence-corrected chi connectivity index (χ0v) is 9.28. The molecule has 2 heterocycles. The summed E-state index contributed by atoms with van der Waals surface area (Å²) < 4.78 is 12.9. The Kier molecular flexibility index (Phi) is 3.07. The fraction of sp³-hybridized carbons (Fsp3) is 0.667. The smallest absolute Gasteiger partial charge is 0.368 e. The van der Waals surface area contributed by atoms with Gasteiger partial charge in [-0.05, 0) is 12.8 Å². The van der Waals surface area contributed by atoms with Crippen LogP contribution in [0.25, 0.3) is 0 Å². The molecule has 2 saturated heterocycles. The highest BCUT2D eigenvalue weighted by Crippen LogP contribution is 2.30. The number of piperidine rings is 1. The summed E-state index contributed by atoms with van der Waals surface area (Å²) in [6.45, 7) is 0.179. The van der Waals surface area contributed by atoms with Gasteiger partial charge in [-0.15, -0.1) is 0 Å². The molecule has 2 aliphatic heterocycles. The van der Waals surface area contributed by atoms with Gasteiger partial charge < -0.3 is 15.7 Å². The molecule has 2 fully saturated rings. The lowest BCUT2D eigenvalue weighted by Gasteiger charge is -2.27. The molecule has 2 bridgehead atoms. The lowest BCUT2D eigenvalue weighted by Crippen LogP contribution is -2.47. The minimum Gasteiger partial charge on any atom is -0.477 e. The van der Waals surface area contributed by atoms with Crippen LogP contribution in [-0.4, -0.2) is 58.0 Å². The second-order valence-electron chi connectivity index (χ2n) is 4.17. The van der Waals surface area contributed by atoms with Crippen LogP contribution in [0.5, 0.6) is 0 Å². The molecule has 0 saturated carbocycles. The summed E-state index contributed by atoms with van der Waals surface area (Å²) in [6, 6.07) is -1.93. The van der Waals surface area contributed by atoms with E-state index >= 15 is 0 Å². The number of alkyl halides is 1. The SMILES string of the molecule is NC(=O)[C@@H]1CC[C@H]2CN1C(=O)N2O[C@@H](F)C(=O)O. The Labute approximate surface area is 101 Å². The van der Waals surface area contributed by atoms with Gasteiger partial charge in [0.25, 0.3) is 0 Å². The van der Waals surface area contributed by atoms with E-state index in [1.165, 1.54) is 4.90 Å². The average molecular weight is 261 g/mol. The number of aliphatic carboxylic acids is 1. The largest absolute Gasteiger partial charge is 0.477 e. The maximum atomic E-state index is 12.9. The Balaban J connectivity index is 2.10. The van der Waals surface area contributed by atoms with Gasteiger partial charge in [0.15, 0.2) is 0 Å². The first-order valence-corrected chi connectivity index (χ1v) is 5.34. The van der Waals surface area contributed by atoms with Gasteiger partial charge in [-0.1, -0.05) is 0 Å². The molecule has 0 radical (unpaired) electrons. The number of hydrogen-bond acceptors (Lipinski definition) is 4. The standard InChI is InChI=1S/C9H12FN3O5/c10-6(8(15)16)18-13-4-1-2-5(7(11)14)12(3-4)9(13)17/h4-6H,1-3H2,(H2,11,14)(H,15,16)/t4-,5-,6+/m0/s1. The lowest BCUT2D eigenvalue weighted by molar-refractivity contribution is -0.223. The number of halogens is 1. The van der Waals surface area contributed by atoms with Crippen LogP contribution < -0.4 is 5.73 Å². The number of urea groups is 1. The Morgan fingerprint density at radius 1 is 1.50 bits per heavy atom. The Morgan fingerprint density at radius 2 is 2.17 bits per heavy atom. The number of nitrogens with zero attached hydrogens (tertiary/aromatic N) is 2. The summed E-state index contributed by atoms with van der Waals surface area (Å²) in [5.74, 6) is -2.45. The molecule has 2 aliphatic rings. The van der Waals surface area contributed by atoms with Crippen LogP contribution in [0.2, 0.25) is 0 Å². The number of hydrogen-bond donors (Lipinski definition) is 2. The number of amides is 3. The molecule has 0 aromatic carbocycles. The summed E-state index contributed by atoms with van der Waals surface area (Å²) in [7, 11) is 0. The van der Waals surface area contributed by atoms with Crippen molar-refractivity contribution in [2.75, 3.05) is 6.54 Å². The van der Waals surface area contributed by atoms with Gasteiger partial charge in [-0.2, -0.15) is 5.06 Å². The van der Waals surface area contributed by atoms with E-state index in [0.717, 1.165) is 0 Å². The van der Waals surface area contributed by atoms with Gasteiger partial charge in [-0.25, -0.2) is 18.8 Å². The van der Waals surface area contributed by atoms with Crippen molar-refractivity contribution in [3.8, 4) is 0 Å². The van der Waals surface area contributed by atoms with E-state index in [4.69, 9.17) is 10.8 Å². The highest BCUT2D eigenvalue weighted by Gasteiger charge is 2.48. The number of rotatable bonds is 4. The molecule has 18 heavy (non-hydrogen) atoms. The fourth-order valence-electron chi connectivity index (χ4n) is 2.21. The van der Waals surface area contributed by atoms with Crippen LogP contribution in [0, 0.1) is 0 Å². The van der Waals surface area contributed by atoms with Gasteiger partial charge in [-0.3, -0.25) is 4.79 Å². The second-order valence-corrected chi connectivity index (χ2v) is 4.17. The molecule has 0 aliphatic carbocycles. The summed E-state index contributed by atoms with van der Waals surface area (Å²) in [4.78, 5) is 38.9. The fourth-order valence-corrected chi connectivity index (χ4v) is 2.21. The van der Waals surface area contributed by atoms with Crippen molar-refractivity contribution in [3.63, 3.8) is 0 Å². The number of fused-ring (bicyclic) bond motifs is 2. The number of hydroxylamine groups is 2. The van der Waals surface area contributed by atoms with Crippen LogP contribution in [0.4, 0.5) is 9.18 Å². The van der Waals surface area contributed by atoms with Gasteiger partial charge in [0.05, 0.1) is 6.04 Å². The zero-order valence-electron chi connectivity index (χ0n) is 9.28. The van der Waals surface area contributed by atoms with Crippen LogP contribution in [-0.2, 0) is 14.4 Å². The molecule has 0 spiro atoms. The molecule has 100 valence electrons. The Hall–Kier alpha value is -1.90. The third-order valence-electron chi connectivity index (χ3n) is 3.05. The van der Waals surface area contributed by atoms with Crippen molar-refractivity contribution in [2.45, 2.75) is 31.3 Å². The molecule has 3 N–H and O–H groups in total. The number of carboxylic acid groups (broad SMARTS) is 1. The van der Waals surface area contributed by atoms with Crippen molar-refractivity contribution in [1.82, 2.24) is 9.96 Å².